The molecule has 0 saturated carbocycles. The van der Waals surface area contributed by atoms with Crippen molar-refractivity contribution in [3.8, 4) is 0 Å². The summed E-state index contributed by atoms with van der Waals surface area (Å²) in [5.74, 6) is 0.815. The minimum Gasteiger partial charge on any atom is -0.440 e. The Morgan fingerprint density at radius 2 is 0.573 bits per heavy atom. The number of para-hydroxylation sites is 10. The number of hydrogen-bond acceptors (Lipinski definition) is 7. The Hall–Kier alpha value is -11.7. The molecule has 1 aromatic heterocycles. The second-order valence-corrected chi connectivity index (χ2v) is 23.2. The fourth-order valence-corrected chi connectivity index (χ4v) is 14.7. The van der Waals surface area contributed by atoms with Gasteiger partial charge in [0.1, 0.15) is 5.58 Å². The molecule has 0 fully saturated rings. The average molecular weight is 1140 g/mol. The van der Waals surface area contributed by atoms with E-state index in [9.17, 15) is 0 Å². The van der Waals surface area contributed by atoms with Crippen LogP contribution in [0.2, 0.25) is 0 Å². The monoisotopic (exact) mass is 1140 g/mol. The van der Waals surface area contributed by atoms with Gasteiger partial charge in [0.15, 0.2) is 0 Å². The maximum absolute atomic E-state index is 7.38. The van der Waals surface area contributed by atoms with Crippen LogP contribution in [0.5, 0.6) is 0 Å². The van der Waals surface area contributed by atoms with Gasteiger partial charge in [-0.3, -0.25) is 4.90 Å². The second-order valence-electron chi connectivity index (χ2n) is 23.2. The first-order valence-electron chi connectivity index (χ1n) is 30.6. The predicted molar refractivity (Wildman–Crippen MR) is 374 cm³/mol. The maximum Gasteiger partial charge on any atom is 0.257 e. The van der Waals surface area contributed by atoms with Crippen LogP contribution in [0.15, 0.2) is 332 Å². The summed E-state index contributed by atoms with van der Waals surface area (Å²) in [6.45, 7) is -0.454. The van der Waals surface area contributed by atoms with Crippen molar-refractivity contribution in [1.29, 1.82) is 0 Å². The van der Waals surface area contributed by atoms with Gasteiger partial charge in [-0.1, -0.05) is 188 Å². The van der Waals surface area contributed by atoms with E-state index in [0.29, 0.717) is 0 Å². The van der Waals surface area contributed by atoms with Gasteiger partial charge in [-0.15, -0.1) is 0 Å². The summed E-state index contributed by atoms with van der Waals surface area (Å²) in [5, 5.41) is 1.09. The Morgan fingerprint density at radius 1 is 0.236 bits per heavy atom. The van der Waals surface area contributed by atoms with Gasteiger partial charge in [-0.25, -0.2) is 0 Å². The van der Waals surface area contributed by atoms with Crippen molar-refractivity contribution in [2.45, 2.75) is 0 Å². The molecule has 416 valence electrons. The van der Waals surface area contributed by atoms with Crippen molar-refractivity contribution >= 4 is 160 Å². The summed E-state index contributed by atoms with van der Waals surface area (Å²) in [4.78, 5) is 14.8. The molecule has 13 aromatic carbocycles. The Kier molecular flexibility index (Phi) is 11.7. The van der Waals surface area contributed by atoms with Crippen LogP contribution in [-0.2, 0) is 0 Å². The lowest BCUT2D eigenvalue weighted by Gasteiger charge is -2.47. The average Bonchev–Trinajstić information content (AvgIpc) is 1.63. The highest BCUT2D eigenvalue weighted by atomic mass is 16.4. The van der Waals surface area contributed by atoms with Gasteiger partial charge in [0.25, 0.3) is 13.4 Å². The van der Waals surface area contributed by atoms with Gasteiger partial charge >= 0.3 is 0 Å². The number of anilines is 18. The van der Waals surface area contributed by atoms with E-state index in [-0.39, 0.29) is 13.4 Å². The number of rotatable bonds is 10. The lowest BCUT2D eigenvalue weighted by molar-refractivity contribution is 0.623. The van der Waals surface area contributed by atoms with Crippen molar-refractivity contribution in [2.24, 2.45) is 0 Å². The van der Waals surface area contributed by atoms with E-state index >= 15 is 0 Å². The third-order valence-electron chi connectivity index (χ3n) is 18.3. The SMILES string of the molecule is c1ccc(N(c2ccccc2)c2cc3c4c(c2)N(c2ccccc2)c2cc5c(cc2B4c2ccccc2N3c2ccccc2)B2c3c(cc(N(c4ccccc4)c4ccccc4)cc3N(c3ccccc3)c3oc4ccccc4c32)N5c2ccccc2)cc1. The third kappa shape index (κ3) is 7.95. The van der Waals surface area contributed by atoms with Crippen LogP contribution >= 0.6 is 0 Å². The minimum absolute atomic E-state index is 0.184. The number of nitrogens with zero attached hydrogens (tertiary/aromatic N) is 6. The lowest BCUT2D eigenvalue weighted by Crippen LogP contribution is -2.65. The topological polar surface area (TPSA) is 32.6 Å². The molecule has 9 heteroatoms. The molecule has 0 aliphatic carbocycles. The summed E-state index contributed by atoms with van der Waals surface area (Å²) >= 11 is 0. The first-order chi connectivity index (χ1) is 44.2. The highest BCUT2D eigenvalue weighted by molar-refractivity contribution is 7.04. The fourth-order valence-electron chi connectivity index (χ4n) is 14.7. The van der Waals surface area contributed by atoms with Gasteiger partial charge in [-0.2, -0.15) is 0 Å². The van der Waals surface area contributed by atoms with E-state index in [2.05, 4.69) is 357 Å². The molecule has 0 bridgehead atoms. The third-order valence-corrected chi connectivity index (χ3v) is 18.3. The quantitative estimate of drug-likeness (QED) is 0.126. The van der Waals surface area contributed by atoms with E-state index in [0.717, 1.165) is 119 Å². The van der Waals surface area contributed by atoms with Crippen LogP contribution in [0.4, 0.5) is 103 Å². The van der Waals surface area contributed by atoms with Gasteiger partial charge in [0.05, 0.1) is 11.4 Å². The highest BCUT2D eigenvalue weighted by Crippen LogP contribution is 2.53. The van der Waals surface area contributed by atoms with Crippen molar-refractivity contribution < 1.29 is 4.42 Å². The first kappa shape index (κ1) is 50.6. The summed E-state index contributed by atoms with van der Waals surface area (Å²) in [5.41, 5.74) is 26.4. The molecule has 0 saturated heterocycles. The molecule has 0 radical (unpaired) electrons. The largest absolute Gasteiger partial charge is 0.440 e. The van der Waals surface area contributed by atoms with Crippen molar-refractivity contribution in [2.75, 3.05) is 29.4 Å². The summed E-state index contributed by atoms with van der Waals surface area (Å²) in [6, 6.07) is 119. The smallest absolute Gasteiger partial charge is 0.257 e. The molecule has 4 aliphatic rings. The Morgan fingerprint density at radius 3 is 1.02 bits per heavy atom. The Balaban J connectivity index is 0.979. The van der Waals surface area contributed by atoms with Crippen LogP contribution in [-0.4, -0.2) is 13.4 Å². The van der Waals surface area contributed by atoms with Crippen molar-refractivity contribution in [3.63, 3.8) is 0 Å². The molecule has 0 N–H and O–H groups in total. The molecule has 7 nitrogen and oxygen atoms in total. The first-order valence-corrected chi connectivity index (χ1v) is 30.6. The van der Waals surface area contributed by atoms with Crippen LogP contribution < -0.4 is 62.2 Å². The maximum atomic E-state index is 7.38. The van der Waals surface area contributed by atoms with E-state index in [1.54, 1.807) is 0 Å². The van der Waals surface area contributed by atoms with Crippen LogP contribution in [0.25, 0.3) is 11.0 Å². The summed E-state index contributed by atoms with van der Waals surface area (Å²) < 4.78 is 7.38. The zero-order valence-electron chi connectivity index (χ0n) is 48.4. The van der Waals surface area contributed by atoms with Crippen LogP contribution in [0.1, 0.15) is 0 Å². The van der Waals surface area contributed by atoms with Crippen LogP contribution in [0.3, 0.4) is 0 Å². The van der Waals surface area contributed by atoms with Gasteiger partial charge in [0, 0.05) is 96.2 Å². The Labute approximate surface area is 518 Å². The molecule has 5 heterocycles. The molecule has 0 spiro atoms. The molecule has 0 amide bonds. The highest BCUT2D eigenvalue weighted by Gasteiger charge is 2.50. The molecule has 4 aliphatic heterocycles. The van der Waals surface area contributed by atoms with E-state index in [4.69, 9.17) is 4.42 Å². The van der Waals surface area contributed by atoms with Crippen LogP contribution in [0, 0.1) is 0 Å². The van der Waals surface area contributed by atoms with E-state index < -0.39 is 0 Å². The number of furan rings is 1. The van der Waals surface area contributed by atoms with Crippen molar-refractivity contribution in [3.05, 3.63) is 328 Å². The van der Waals surface area contributed by atoms with Gasteiger partial charge in [-0.05, 0) is 167 Å². The Bertz CT molecular complexity index is 4920. The normalized spacial score (nSPS) is 13.0. The molecule has 18 rings (SSSR count). The molecule has 89 heavy (non-hydrogen) atoms. The zero-order chi connectivity index (χ0) is 58.5. The lowest BCUT2D eigenvalue weighted by atomic mass is 9.30. The molecule has 14 aromatic rings. The van der Waals surface area contributed by atoms with Crippen molar-refractivity contribution in [1.82, 2.24) is 0 Å². The van der Waals surface area contributed by atoms with Gasteiger partial charge < -0.3 is 28.9 Å². The molecular weight excluding hydrogens is 1080 g/mol. The molecular formula is C80H54B2N6O. The number of benzene rings is 13. The van der Waals surface area contributed by atoms with E-state index in [1.165, 1.54) is 27.3 Å². The summed E-state index contributed by atoms with van der Waals surface area (Å²) in [7, 11) is 0. The zero-order valence-corrected chi connectivity index (χ0v) is 48.4. The van der Waals surface area contributed by atoms with Gasteiger partial charge in [0.2, 0.25) is 5.88 Å². The minimum atomic E-state index is -0.270. The second kappa shape index (κ2) is 20.5. The predicted octanol–water partition coefficient (Wildman–Crippen LogP) is 17.5. The number of hydrogen-bond donors (Lipinski definition) is 0. The molecule has 0 unspecified atom stereocenters. The fraction of sp³-hybridized carbons (Fsp3) is 0. The standard InChI is InChI=1S/C80H54B2N6O/c1-9-29-55(30-10-1)83(56-31-11-2-12-32-56)63-49-72-78-73(50-63)86(60-39-19-6-20-40-60)70-54-71-68(53-67(70)81(78)66-46-26-27-47-69(66)85(72)59-37-17-5-18-38-59)82-77-65-45-25-28-48-76(65)89-80(77)88(62-43-23-8-24-44-62)75-52-64(51-74(79(75)82)87(71)61-41-21-7-22-42-61)84(57-33-13-3-14-34-57)58-35-15-4-16-36-58/h1-54H. The van der Waals surface area contributed by atoms with E-state index in [1.807, 2.05) is 0 Å². The molecule has 0 atom stereocenters. The number of fused-ring (bicyclic) bond motifs is 10. The summed E-state index contributed by atoms with van der Waals surface area (Å²) in [6.07, 6.45) is 0.